The highest BCUT2D eigenvalue weighted by Crippen LogP contribution is 2.30. The largest absolute Gasteiger partial charge is 0.514 e. The molecule has 1 aliphatic heterocycles. The van der Waals surface area contributed by atoms with E-state index < -0.39 is 17.3 Å². The summed E-state index contributed by atoms with van der Waals surface area (Å²) < 4.78 is 15.8. The molecule has 0 bridgehead atoms. The van der Waals surface area contributed by atoms with E-state index in [0.717, 1.165) is 22.9 Å². The minimum atomic E-state index is -0.724. The monoisotopic (exact) mass is 457 g/mol. The summed E-state index contributed by atoms with van der Waals surface area (Å²) in [6, 6.07) is 14.9. The minimum Gasteiger partial charge on any atom is -0.428 e. The van der Waals surface area contributed by atoms with E-state index in [0.29, 0.717) is 24.5 Å². The molecule has 7 heteroatoms. The number of ketones is 1. The van der Waals surface area contributed by atoms with Crippen molar-refractivity contribution < 1.29 is 23.8 Å². The molecule has 1 fully saturated rings. The second-order valence-corrected chi connectivity index (χ2v) is 10.3. The molecule has 0 aliphatic carbocycles. The fourth-order valence-electron chi connectivity index (χ4n) is 3.37. The Kier molecular flexibility index (Phi) is 7.64. The summed E-state index contributed by atoms with van der Waals surface area (Å²) in [6.45, 7) is 12.2. The molecule has 0 saturated carbocycles. The smallest absolute Gasteiger partial charge is 0.428 e. The molecule has 2 aromatic carbocycles. The summed E-state index contributed by atoms with van der Waals surface area (Å²) in [6.07, 6.45) is -0.724. The van der Waals surface area contributed by atoms with E-state index in [1.165, 1.54) is 0 Å². The van der Waals surface area contributed by atoms with Crippen molar-refractivity contribution in [3.8, 4) is 5.75 Å². The Morgan fingerprint density at radius 3 is 1.94 bits per heavy atom. The van der Waals surface area contributed by atoms with Crippen molar-refractivity contribution in [2.75, 3.05) is 26.3 Å². The predicted molar refractivity (Wildman–Crippen MR) is 125 cm³/mol. The van der Waals surface area contributed by atoms with Crippen LogP contribution >= 0.6 is 11.8 Å². The van der Waals surface area contributed by atoms with Gasteiger partial charge in [-0.25, -0.2) is 4.79 Å². The molecule has 0 atom stereocenters. The van der Waals surface area contributed by atoms with E-state index in [4.69, 9.17) is 14.2 Å². The first-order valence-electron chi connectivity index (χ1n) is 10.7. The number of carbonyl (C=O) groups excluding carboxylic acids is 2. The number of carbonyl (C=O) groups is 2. The van der Waals surface area contributed by atoms with Crippen molar-refractivity contribution in [1.82, 2.24) is 4.90 Å². The molecule has 2 aromatic rings. The molecule has 172 valence electrons. The van der Waals surface area contributed by atoms with Gasteiger partial charge < -0.3 is 14.2 Å². The van der Waals surface area contributed by atoms with Crippen LogP contribution in [-0.2, 0) is 9.47 Å². The second-order valence-electron chi connectivity index (χ2n) is 9.15. The van der Waals surface area contributed by atoms with E-state index >= 15 is 0 Å². The Morgan fingerprint density at radius 1 is 0.875 bits per heavy atom. The number of ether oxygens (including phenoxy) is 3. The van der Waals surface area contributed by atoms with Crippen LogP contribution in [0.15, 0.2) is 58.3 Å². The molecule has 1 saturated heterocycles. The molecular formula is C25H31NO5S. The Hall–Kier alpha value is -2.35. The molecule has 0 amide bonds. The van der Waals surface area contributed by atoms with Crippen molar-refractivity contribution >= 4 is 23.7 Å². The van der Waals surface area contributed by atoms with Gasteiger partial charge in [-0.05, 0) is 71.0 Å². The van der Waals surface area contributed by atoms with Crippen molar-refractivity contribution in [3.63, 3.8) is 0 Å². The fraction of sp³-hybridized carbons (Fsp3) is 0.440. The highest BCUT2D eigenvalue weighted by atomic mass is 32.2. The van der Waals surface area contributed by atoms with Gasteiger partial charge in [-0.15, -0.1) is 0 Å². The van der Waals surface area contributed by atoms with Crippen LogP contribution in [0, 0.1) is 0 Å². The predicted octanol–water partition coefficient (Wildman–Crippen LogP) is 5.45. The number of Topliss-reactive ketones (excluding diaryl/α,β-unsaturated/α-hetero) is 1. The lowest BCUT2D eigenvalue weighted by Gasteiger charge is -2.39. The zero-order chi connectivity index (χ0) is 23.4. The fourth-order valence-corrected chi connectivity index (χ4v) is 4.19. The number of benzene rings is 2. The third-order valence-corrected chi connectivity index (χ3v) is 6.14. The summed E-state index contributed by atoms with van der Waals surface area (Å²) in [5.74, 6) is 0.537. The topological polar surface area (TPSA) is 65.1 Å². The standard InChI is InChI=1S/C25H31NO5S/c1-24(2,3)31-23(28)30-19-8-12-21(13-9-19)32-20-10-6-18(7-11-20)22(27)25(4,5)26-14-16-29-17-15-26/h6-13H,14-17H2,1-5H3. The van der Waals surface area contributed by atoms with Gasteiger partial charge in [-0.2, -0.15) is 0 Å². The number of rotatable bonds is 6. The van der Waals surface area contributed by atoms with Crippen LogP contribution in [-0.4, -0.2) is 54.3 Å². The molecule has 3 rings (SSSR count). The summed E-state index contributed by atoms with van der Waals surface area (Å²) >= 11 is 1.57. The van der Waals surface area contributed by atoms with Gasteiger partial charge in [-0.3, -0.25) is 9.69 Å². The van der Waals surface area contributed by atoms with Gasteiger partial charge in [0.1, 0.15) is 11.4 Å². The van der Waals surface area contributed by atoms with Crippen LogP contribution in [0.2, 0.25) is 0 Å². The Bertz CT molecular complexity index is 926. The first-order chi connectivity index (χ1) is 15.0. The van der Waals surface area contributed by atoms with Gasteiger partial charge in [0.15, 0.2) is 5.78 Å². The van der Waals surface area contributed by atoms with Gasteiger partial charge in [0.2, 0.25) is 0 Å². The van der Waals surface area contributed by atoms with E-state index in [1.807, 2.05) is 50.2 Å². The van der Waals surface area contributed by atoms with Gasteiger partial charge in [0.25, 0.3) is 0 Å². The van der Waals surface area contributed by atoms with Crippen LogP contribution < -0.4 is 4.74 Å². The van der Waals surface area contributed by atoms with E-state index in [2.05, 4.69) is 4.90 Å². The van der Waals surface area contributed by atoms with E-state index in [9.17, 15) is 9.59 Å². The molecule has 0 unspecified atom stereocenters. The van der Waals surface area contributed by atoms with Crippen LogP contribution in [0.25, 0.3) is 0 Å². The second kappa shape index (κ2) is 10.1. The van der Waals surface area contributed by atoms with Crippen molar-refractivity contribution in [1.29, 1.82) is 0 Å². The average molecular weight is 458 g/mol. The van der Waals surface area contributed by atoms with Gasteiger partial charge in [-0.1, -0.05) is 23.9 Å². The minimum absolute atomic E-state index is 0.111. The van der Waals surface area contributed by atoms with Crippen molar-refractivity contribution in [2.45, 2.75) is 55.5 Å². The van der Waals surface area contributed by atoms with E-state index in [1.54, 1.807) is 44.7 Å². The van der Waals surface area contributed by atoms with Crippen LogP contribution in [0.5, 0.6) is 5.75 Å². The molecule has 1 heterocycles. The Balaban J connectivity index is 1.59. The first-order valence-corrected chi connectivity index (χ1v) is 11.5. The summed E-state index contributed by atoms with van der Waals surface area (Å²) in [5, 5.41) is 0. The molecular weight excluding hydrogens is 426 g/mol. The number of morpholine rings is 1. The molecule has 0 N–H and O–H groups in total. The Labute approximate surface area is 194 Å². The molecule has 0 spiro atoms. The van der Waals surface area contributed by atoms with Crippen LogP contribution in [0.1, 0.15) is 45.0 Å². The molecule has 0 radical (unpaired) electrons. The molecule has 0 aromatic heterocycles. The maximum atomic E-state index is 13.1. The van der Waals surface area contributed by atoms with Gasteiger partial charge >= 0.3 is 6.16 Å². The Morgan fingerprint density at radius 2 is 1.41 bits per heavy atom. The maximum absolute atomic E-state index is 13.1. The number of nitrogens with zero attached hydrogens (tertiary/aromatic N) is 1. The van der Waals surface area contributed by atoms with Gasteiger partial charge in [0, 0.05) is 28.4 Å². The van der Waals surface area contributed by atoms with Crippen molar-refractivity contribution in [2.24, 2.45) is 0 Å². The van der Waals surface area contributed by atoms with Crippen molar-refractivity contribution in [3.05, 3.63) is 54.1 Å². The zero-order valence-corrected chi connectivity index (χ0v) is 20.2. The van der Waals surface area contributed by atoms with Crippen LogP contribution in [0.3, 0.4) is 0 Å². The third-order valence-electron chi connectivity index (χ3n) is 5.12. The van der Waals surface area contributed by atoms with E-state index in [-0.39, 0.29) is 5.78 Å². The zero-order valence-electron chi connectivity index (χ0n) is 19.3. The highest BCUT2D eigenvalue weighted by Gasteiger charge is 2.35. The quantitative estimate of drug-likeness (QED) is 0.325. The molecule has 1 aliphatic rings. The average Bonchev–Trinajstić information content (AvgIpc) is 2.74. The summed E-state index contributed by atoms with van der Waals surface area (Å²) in [5.41, 5.74) is -0.466. The lowest BCUT2D eigenvalue weighted by molar-refractivity contribution is -0.00430. The SMILES string of the molecule is CC(C)(C)OC(=O)Oc1ccc(Sc2ccc(C(=O)C(C)(C)N3CCOCC3)cc2)cc1. The highest BCUT2D eigenvalue weighted by molar-refractivity contribution is 7.99. The third kappa shape index (κ3) is 6.58. The number of hydrogen-bond donors (Lipinski definition) is 0. The normalized spacial score (nSPS) is 15.3. The summed E-state index contributed by atoms with van der Waals surface area (Å²) in [4.78, 5) is 29.1. The van der Waals surface area contributed by atoms with Crippen LogP contribution in [0.4, 0.5) is 4.79 Å². The van der Waals surface area contributed by atoms with Gasteiger partial charge in [0.05, 0.1) is 18.8 Å². The lowest BCUT2D eigenvalue weighted by atomic mass is 9.91. The summed E-state index contributed by atoms with van der Waals surface area (Å²) in [7, 11) is 0. The first kappa shape index (κ1) is 24.3. The number of hydrogen-bond acceptors (Lipinski definition) is 7. The molecule has 6 nitrogen and oxygen atoms in total. The molecule has 32 heavy (non-hydrogen) atoms. The lowest BCUT2D eigenvalue weighted by Crippen LogP contribution is -2.54. The maximum Gasteiger partial charge on any atom is 0.514 e.